The Morgan fingerprint density at radius 2 is 2.26 bits per heavy atom. The van der Waals surface area contributed by atoms with E-state index in [0.29, 0.717) is 6.61 Å². The molecule has 1 aromatic rings. The van der Waals surface area contributed by atoms with Crippen LogP contribution < -0.4 is 4.74 Å². The molecule has 2 atom stereocenters. The van der Waals surface area contributed by atoms with Gasteiger partial charge in [-0.1, -0.05) is 12.1 Å². The maximum atomic E-state index is 10.9. The van der Waals surface area contributed by atoms with Gasteiger partial charge in [-0.25, -0.2) is 0 Å². The molecule has 1 N–H and O–H groups in total. The van der Waals surface area contributed by atoms with Gasteiger partial charge in [-0.3, -0.25) is 9.69 Å². The summed E-state index contributed by atoms with van der Waals surface area (Å²) >= 11 is 0. The predicted octanol–water partition coefficient (Wildman–Crippen LogP) is 2.30. The molecule has 0 spiro atoms. The summed E-state index contributed by atoms with van der Waals surface area (Å²) in [4.78, 5) is 13.0. The van der Waals surface area contributed by atoms with Crippen molar-refractivity contribution < 1.29 is 14.6 Å². The van der Waals surface area contributed by atoms with Crippen LogP contribution in [0.4, 0.5) is 0 Å². The van der Waals surface area contributed by atoms with E-state index in [0.717, 1.165) is 24.3 Å². The lowest BCUT2D eigenvalue weighted by Crippen LogP contribution is -2.23. The van der Waals surface area contributed by atoms with Crippen LogP contribution in [0.3, 0.4) is 0 Å². The van der Waals surface area contributed by atoms with Crippen molar-refractivity contribution in [1.29, 1.82) is 0 Å². The van der Waals surface area contributed by atoms with Gasteiger partial charge in [0.2, 0.25) is 0 Å². The molecule has 2 unspecified atom stereocenters. The van der Waals surface area contributed by atoms with Crippen molar-refractivity contribution in [1.82, 2.24) is 4.90 Å². The van der Waals surface area contributed by atoms with Crippen LogP contribution in [-0.4, -0.2) is 35.7 Å². The van der Waals surface area contributed by atoms with Crippen LogP contribution in [0.15, 0.2) is 18.2 Å². The van der Waals surface area contributed by atoms with Crippen LogP contribution in [0.25, 0.3) is 0 Å². The van der Waals surface area contributed by atoms with Crippen LogP contribution in [0.5, 0.6) is 5.75 Å². The minimum absolute atomic E-state index is 0.185. The standard InChI is InChI=1S/C15H21NO3/c1-4-19-14-6-5-11(7-10(14)2)9-16(3)13-8-12(13)15(17)18/h5-7,12-13H,4,8-9H2,1-3H3,(H,17,18). The number of ether oxygens (including phenoxy) is 1. The normalized spacial score (nSPS) is 21.5. The van der Waals surface area contributed by atoms with Gasteiger partial charge in [-0.15, -0.1) is 0 Å². The molecule has 4 nitrogen and oxygen atoms in total. The largest absolute Gasteiger partial charge is 0.494 e. The van der Waals surface area contributed by atoms with Crippen LogP contribution in [0.1, 0.15) is 24.5 Å². The van der Waals surface area contributed by atoms with E-state index in [4.69, 9.17) is 9.84 Å². The lowest BCUT2D eigenvalue weighted by atomic mass is 10.1. The topological polar surface area (TPSA) is 49.8 Å². The van der Waals surface area contributed by atoms with Gasteiger partial charge in [0.25, 0.3) is 0 Å². The van der Waals surface area contributed by atoms with E-state index in [1.807, 2.05) is 33.0 Å². The number of aryl methyl sites for hydroxylation is 1. The second-order valence-corrected chi connectivity index (χ2v) is 5.20. The third-order valence-electron chi connectivity index (χ3n) is 3.61. The Labute approximate surface area is 114 Å². The molecule has 0 aliphatic heterocycles. The second kappa shape index (κ2) is 5.61. The van der Waals surface area contributed by atoms with Gasteiger partial charge in [-0.2, -0.15) is 0 Å². The fourth-order valence-electron chi connectivity index (χ4n) is 2.47. The Morgan fingerprint density at radius 3 is 2.79 bits per heavy atom. The van der Waals surface area contributed by atoms with E-state index in [1.54, 1.807) is 0 Å². The van der Waals surface area contributed by atoms with Crippen LogP contribution in [0.2, 0.25) is 0 Å². The van der Waals surface area contributed by atoms with Gasteiger partial charge in [0.15, 0.2) is 0 Å². The van der Waals surface area contributed by atoms with Crippen LogP contribution in [-0.2, 0) is 11.3 Å². The second-order valence-electron chi connectivity index (χ2n) is 5.20. The number of benzene rings is 1. The average Bonchev–Trinajstić information content (AvgIpc) is 3.13. The summed E-state index contributed by atoms with van der Waals surface area (Å²) < 4.78 is 5.51. The molecule has 2 rings (SSSR count). The molecule has 1 aliphatic rings. The SMILES string of the molecule is CCOc1ccc(CN(C)C2CC2C(=O)O)cc1C. The molecule has 1 saturated carbocycles. The van der Waals surface area contributed by atoms with E-state index < -0.39 is 5.97 Å². The number of hydrogen-bond donors (Lipinski definition) is 1. The summed E-state index contributed by atoms with van der Waals surface area (Å²) in [7, 11) is 1.99. The number of carbonyl (C=O) groups is 1. The molecule has 1 aromatic carbocycles. The number of carboxylic acid groups (broad SMARTS) is 1. The highest BCUT2D eigenvalue weighted by atomic mass is 16.5. The molecule has 0 radical (unpaired) electrons. The number of nitrogens with zero attached hydrogens (tertiary/aromatic N) is 1. The van der Waals surface area contributed by atoms with Crippen molar-refractivity contribution in [2.24, 2.45) is 5.92 Å². The minimum Gasteiger partial charge on any atom is -0.494 e. The first-order chi connectivity index (χ1) is 9.02. The highest BCUT2D eigenvalue weighted by Gasteiger charge is 2.45. The monoisotopic (exact) mass is 263 g/mol. The summed E-state index contributed by atoms with van der Waals surface area (Å²) in [5.74, 6) is 0.0530. The molecule has 1 aliphatic carbocycles. The van der Waals surface area contributed by atoms with Crippen molar-refractivity contribution in [3.63, 3.8) is 0 Å². The number of carboxylic acids is 1. The zero-order chi connectivity index (χ0) is 14.0. The lowest BCUT2D eigenvalue weighted by molar-refractivity contribution is -0.138. The summed E-state index contributed by atoms with van der Waals surface area (Å²) in [6.07, 6.45) is 0.766. The summed E-state index contributed by atoms with van der Waals surface area (Å²) in [5, 5.41) is 8.93. The smallest absolute Gasteiger partial charge is 0.308 e. The van der Waals surface area contributed by atoms with Gasteiger partial charge in [0.05, 0.1) is 12.5 Å². The molecule has 19 heavy (non-hydrogen) atoms. The molecule has 0 aromatic heterocycles. The third-order valence-corrected chi connectivity index (χ3v) is 3.61. The predicted molar refractivity (Wildman–Crippen MR) is 73.3 cm³/mol. The quantitative estimate of drug-likeness (QED) is 0.855. The Morgan fingerprint density at radius 1 is 1.53 bits per heavy atom. The summed E-state index contributed by atoms with van der Waals surface area (Å²) in [6, 6.07) is 6.33. The molecule has 4 heteroatoms. The Bertz CT molecular complexity index is 472. The zero-order valence-corrected chi connectivity index (χ0v) is 11.7. The van der Waals surface area contributed by atoms with Crippen molar-refractivity contribution in [3.8, 4) is 5.75 Å². The summed E-state index contributed by atoms with van der Waals surface area (Å²) in [6.45, 7) is 5.45. The van der Waals surface area contributed by atoms with Gasteiger partial charge in [-0.05, 0) is 44.5 Å². The molecule has 104 valence electrons. The van der Waals surface area contributed by atoms with Gasteiger partial charge < -0.3 is 9.84 Å². The minimum atomic E-state index is -0.681. The Hall–Kier alpha value is -1.55. The molecular weight excluding hydrogens is 242 g/mol. The molecule has 0 bridgehead atoms. The number of aliphatic carboxylic acids is 1. The van der Waals surface area contributed by atoms with E-state index >= 15 is 0 Å². The van der Waals surface area contributed by atoms with Crippen molar-refractivity contribution in [2.45, 2.75) is 32.9 Å². The number of rotatable bonds is 6. The van der Waals surface area contributed by atoms with Crippen LogP contribution >= 0.6 is 0 Å². The molecule has 0 saturated heterocycles. The fraction of sp³-hybridized carbons (Fsp3) is 0.533. The first-order valence-corrected chi connectivity index (χ1v) is 6.68. The zero-order valence-electron chi connectivity index (χ0n) is 11.7. The summed E-state index contributed by atoms with van der Waals surface area (Å²) in [5.41, 5.74) is 2.32. The van der Waals surface area contributed by atoms with E-state index in [-0.39, 0.29) is 12.0 Å². The van der Waals surface area contributed by atoms with Crippen molar-refractivity contribution in [2.75, 3.05) is 13.7 Å². The molecule has 1 fully saturated rings. The van der Waals surface area contributed by atoms with E-state index in [9.17, 15) is 4.79 Å². The van der Waals surface area contributed by atoms with Crippen molar-refractivity contribution in [3.05, 3.63) is 29.3 Å². The van der Waals surface area contributed by atoms with Gasteiger partial charge in [0.1, 0.15) is 5.75 Å². The lowest BCUT2D eigenvalue weighted by Gasteiger charge is -2.17. The number of hydrogen-bond acceptors (Lipinski definition) is 3. The van der Waals surface area contributed by atoms with Crippen LogP contribution in [0, 0.1) is 12.8 Å². The molecule has 0 heterocycles. The molecular formula is C15H21NO3. The highest BCUT2D eigenvalue weighted by molar-refractivity contribution is 5.74. The van der Waals surface area contributed by atoms with Gasteiger partial charge in [0, 0.05) is 12.6 Å². The average molecular weight is 263 g/mol. The highest BCUT2D eigenvalue weighted by Crippen LogP contribution is 2.36. The third kappa shape index (κ3) is 3.26. The first kappa shape index (κ1) is 13.9. The van der Waals surface area contributed by atoms with E-state index in [1.165, 1.54) is 5.56 Å². The van der Waals surface area contributed by atoms with E-state index in [2.05, 4.69) is 11.0 Å². The maximum Gasteiger partial charge on any atom is 0.308 e. The first-order valence-electron chi connectivity index (χ1n) is 6.68. The maximum absolute atomic E-state index is 10.9. The Kier molecular flexibility index (Phi) is 4.10. The molecule has 0 amide bonds. The van der Waals surface area contributed by atoms with Gasteiger partial charge >= 0.3 is 5.97 Å². The Balaban J connectivity index is 1.96. The van der Waals surface area contributed by atoms with Crippen molar-refractivity contribution >= 4 is 5.97 Å². The fourth-order valence-corrected chi connectivity index (χ4v) is 2.47.